The average molecular weight is 320 g/mol. The Labute approximate surface area is 96.3 Å². The number of alkyl halides is 2. The van der Waals surface area contributed by atoms with Crippen LogP contribution in [0.15, 0.2) is 12.3 Å². The molecule has 0 radical (unpaired) electrons. The highest BCUT2D eigenvalue weighted by atomic mass is 79.9. The third kappa shape index (κ3) is 1.21. The number of hydrogen-bond acceptors (Lipinski definition) is 3. The van der Waals surface area contributed by atoms with Gasteiger partial charge in [0.1, 0.15) is 5.82 Å². The highest BCUT2D eigenvalue weighted by Gasteiger charge is 2.45. The van der Waals surface area contributed by atoms with Gasteiger partial charge >= 0.3 is 0 Å². The number of nitrogens with one attached hydrogen (secondary N) is 1. The number of rotatable bonds is 1. The summed E-state index contributed by atoms with van der Waals surface area (Å²) >= 11 is 6.41. The van der Waals surface area contributed by atoms with E-state index in [2.05, 4.69) is 42.2 Å². The Hall–Kier alpha value is -0.750. The van der Waals surface area contributed by atoms with Crippen molar-refractivity contribution >= 4 is 49.9 Å². The number of anilines is 1. The molecule has 72 valence electrons. The van der Waals surface area contributed by atoms with Crippen LogP contribution in [0, 0.1) is 0 Å². The van der Waals surface area contributed by atoms with E-state index in [9.17, 15) is 9.59 Å². The van der Waals surface area contributed by atoms with Crippen LogP contribution in [0.25, 0.3) is 0 Å². The molecule has 0 atom stereocenters. The number of carbonyl (C=O) groups is 2. The maximum absolute atomic E-state index is 11.5. The van der Waals surface area contributed by atoms with Crippen LogP contribution in [0.5, 0.6) is 0 Å². The second-order valence-corrected chi connectivity index (χ2v) is 6.21. The maximum atomic E-state index is 11.5. The zero-order valence-electron chi connectivity index (χ0n) is 6.75. The molecular formula is C8H4Br2N2O2. The molecule has 1 aromatic rings. The van der Waals surface area contributed by atoms with E-state index in [0.29, 0.717) is 23.2 Å². The van der Waals surface area contributed by atoms with E-state index in [1.165, 1.54) is 6.20 Å². The Balaban J connectivity index is 2.72. The topological polar surface area (TPSA) is 59.1 Å². The molecule has 0 spiro atoms. The SMILES string of the molecule is O=Cc1ccnc2c1C(Br)(Br)C(=O)N2. The van der Waals surface area contributed by atoms with Gasteiger partial charge in [0.15, 0.2) is 9.52 Å². The summed E-state index contributed by atoms with van der Waals surface area (Å²) in [4.78, 5) is 26.2. The van der Waals surface area contributed by atoms with Crippen molar-refractivity contribution in [3.8, 4) is 0 Å². The van der Waals surface area contributed by atoms with Gasteiger partial charge in [0, 0.05) is 17.3 Å². The molecule has 0 aromatic carbocycles. The van der Waals surface area contributed by atoms with Crippen molar-refractivity contribution in [3.05, 3.63) is 23.4 Å². The number of amides is 1. The fourth-order valence-corrected chi connectivity index (χ4v) is 2.33. The van der Waals surface area contributed by atoms with Crippen molar-refractivity contribution in [3.63, 3.8) is 0 Å². The molecule has 0 bridgehead atoms. The van der Waals surface area contributed by atoms with E-state index in [-0.39, 0.29) is 5.91 Å². The predicted molar refractivity (Wildman–Crippen MR) is 57.8 cm³/mol. The molecule has 2 rings (SSSR count). The number of aldehydes is 1. The van der Waals surface area contributed by atoms with Gasteiger partial charge in [-0.2, -0.15) is 0 Å². The molecular weight excluding hydrogens is 316 g/mol. The van der Waals surface area contributed by atoms with E-state index in [1.807, 2.05) is 0 Å². The Kier molecular flexibility index (Phi) is 2.19. The molecule has 2 heterocycles. The third-order valence-electron chi connectivity index (χ3n) is 1.94. The minimum Gasteiger partial charge on any atom is -0.308 e. The van der Waals surface area contributed by atoms with E-state index in [0.717, 1.165) is 0 Å². The van der Waals surface area contributed by atoms with Crippen molar-refractivity contribution in [2.45, 2.75) is 3.23 Å². The van der Waals surface area contributed by atoms with Crippen LogP contribution in [0.1, 0.15) is 15.9 Å². The lowest BCUT2D eigenvalue weighted by Gasteiger charge is -2.11. The lowest BCUT2D eigenvalue weighted by Crippen LogP contribution is -2.21. The van der Waals surface area contributed by atoms with Crippen molar-refractivity contribution in [2.75, 3.05) is 5.32 Å². The standard InChI is InChI=1S/C8H4Br2N2O2/c9-8(10)5-4(3-13)1-2-11-6(5)12-7(8)14/h1-3H,(H,11,12,14). The minimum absolute atomic E-state index is 0.283. The first-order valence-corrected chi connectivity index (χ1v) is 5.30. The zero-order valence-corrected chi connectivity index (χ0v) is 9.92. The summed E-state index contributed by atoms with van der Waals surface area (Å²) in [5.41, 5.74) is 0.960. The summed E-state index contributed by atoms with van der Waals surface area (Å²) in [6, 6.07) is 1.56. The van der Waals surface area contributed by atoms with Gasteiger partial charge in [0.2, 0.25) is 0 Å². The smallest absolute Gasteiger partial charge is 0.258 e. The molecule has 6 heteroatoms. The minimum atomic E-state index is -1.04. The van der Waals surface area contributed by atoms with Crippen LogP contribution in [0.2, 0.25) is 0 Å². The van der Waals surface area contributed by atoms with Gasteiger partial charge < -0.3 is 5.32 Å². The molecule has 0 aliphatic carbocycles. The Morgan fingerprint density at radius 1 is 1.50 bits per heavy atom. The molecule has 14 heavy (non-hydrogen) atoms. The Morgan fingerprint density at radius 3 is 2.86 bits per heavy atom. The summed E-state index contributed by atoms with van der Waals surface area (Å²) in [5.74, 6) is 0.127. The molecule has 1 amide bonds. The van der Waals surface area contributed by atoms with Crippen LogP contribution in [0.3, 0.4) is 0 Å². The first kappa shape index (κ1) is 9.79. The molecule has 0 fully saturated rings. The average Bonchev–Trinajstić information content (AvgIpc) is 2.38. The van der Waals surface area contributed by atoms with Gasteiger partial charge in [-0.05, 0) is 6.07 Å². The first-order chi connectivity index (χ1) is 6.57. The van der Waals surface area contributed by atoms with Crippen molar-refractivity contribution in [1.29, 1.82) is 0 Å². The zero-order chi connectivity index (χ0) is 10.3. The number of halogens is 2. The van der Waals surface area contributed by atoms with Gasteiger partial charge in [-0.15, -0.1) is 0 Å². The van der Waals surface area contributed by atoms with Gasteiger partial charge in [-0.3, -0.25) is 9.59 Å². The molecule has 1 aliphatic rings. The summed E-state index contributed by atoms with van der Waals surface area (Å²) in [5, 5.41) is 2.56. The summed E-state index contributed by atoms with van der Waals surface area (Å²) in [7, 11) is 0. The number of aromatic nitrogens is 1. The van der Waals surface area contributed by atoms with Crippen LogP contribution in [-0.4, -0.2) is 17.2 Å². The highest BCUT2D eigenvalue weighted by Crippen LogP contribution is 2.47. The number of nitrogens with zero attached hydrogens (tertiary/aromatic N) is 1. The molecule has 0 saturated heterocycles. The summed E-state index contributed by atoms with van der Waals surface area (Å²) in [6.45, 7) is 0. The normalized spacial score (nSPS) is 17.4. The lowest BCUT2D eigenvalue weighted by atomic mass is 10.1. The van der Waals surface area contributed by atoms with Crippen molar-refractivity contribution in [1.82, 2.24) is 4.98 Å². The summed E-state index contributed by atoms with van der Waals surface area (Å²) < 4.78 is -1.04. The van der Waals surface area contributed by atoms with Gasteiger partial charge in [-0.1, -0.05) is 31.9 Å². The van der Waals surface area contributed by atoms with E-state index in [4.69, 9.17) is 0 Å². The monoisotopic (exact) mass is 318 g/mol. The Morgan fingerprint density at radius 2 is 2.21 bits per heavy atom. The quantitative estimate of drug-likeness (QED) is 0.634. The summed E-state index contributed by atoms with van der Waals surface area (Å²) in [6.07, 6.45) is 2.17. The van der Waals surface area contributed by atoms with Crippen LogP contribution in [-0.2, 0) is 8.03 Å². The second-order valence-electron chi connectivity index (χ2n) is 2.77. The fraction of sp³-hybridized carbons (Fsp3) is 0.125. The number of carbonyl (C=O) groups excluding carboxylic acids is 2. The largest absolute Gasteiger partial charge is 0.308 e. The molecule has 0 unspecified atom stereocenters. The third-order valence-corrected chi connectivity index (χ3v) is 3.45. The van der Waals surface area contributed by atoms with Crippen molar-refractivity contribution < 1.29 is 9.59 Å². The number of fused-ring (bicyclic) bond motifs is 1. The molecule has 1 aliphatic heterocycles. The molecule has 1 aromatic heterocycles. The second kappa shape index (κ2) is 3.13. The Bertz CT molecular complexity index is 431. The molecule has 4 nitrogen and oxygen atoms in total. The van der Waals surface area contributed by atoms with E-state index in [1.54, 1.807) is 6.07 Å². The van der Waals surface area contributed by atoms with Gasteiger partial charge in [-0.25, -0.2) is 4.98 Å². The fourth-order valence-electron chi connectivity index (χ4n) is 1.30. The van der Waals surface area contributed by atoms with E-state index >= 15 is 0 Å². The highest BCUT2D eigenvalue weighted by molar-refractivity contribution is 9.25. The molecule has 0 saturated carbocycles. The van der Waals surface area contributed by atoms with Crippen molar-refractivity contribution in [2.24, 2.45) is 0 Å². The van der Waals surface area contributed by atoms with Crippen LogP contribution in [0.4, 0.5) is 5.82 Å². The number of pyridine rings is 1. The molecule has 1 N–H and O–H groups in total. The number of hydrogen-bond donors (Lipinski definition) is 1. The first-order valence-electron chi connectivity index (χ1n) is 3.71. The van der Waals surface area contributed by atoms with Crippen LogP contribution >= 0.6 is 31.9 Å². The maximum Gasteiger partial charge on any atom is 0.258 e. The lowest BCUT2D eigenvalue weighted by molar-refractivity contribution is -0.115. The van der Waals surface area contributed by atoms with Gasteiger partial charge in [0.25, 0.3) is 5.91 Å². The van der Waals surface area contributed by atoms with Crippen LogP contribution < -0.4 is 5.32 Å². The van der Waals surface area contributed by atoms with Gasteiger partial charge in [0.05, 0.1) is 0 Å². The predicted octanol–water partition coefficient (Wildman–Crippen LogP) is 1.79. The van der Waals surface area contributed by atoms with E-state index < -0.39 is 3.23 Å².